The number of isocyanates is 1. The van der Waals surface area contributed by atoms with E-state index in [1.54, 1.807) is 18.2 Å². The Morgan fingerprint density at radius 1 is 1.29 bits per heavy atom. The van der Waals surface area contributed by atoms with E-state index in [0.717, 1.165) is 5.56 Å². The second-order valence-corrected chi connectivity index (χ2v) is 2.73. The van der Waals surface area contributed by atoms with E-state index in [4.69, 9.17) is 0 Å². The lowest BCUT2D eigenvalue weighted by Crippen LogP contribution is -1.81. The minimum atomic E-state index is -0.233. The van der Waals surface area contributed by atoms with Crippen molar-refractivity contribution in [3.8, 4) is 0 Å². The summed E-state index contributed by atoms with van der Waals surface area (Å²) in [6, 6.07) is 6.30. The van der Waals surface area contributed by atoms with Gasteiger partial charge in [0.15, 0.2) is 0 Å². The topological polar surface area (TPSA) is 29.4 Å². The Balaban J connectivity index is 2.41. The molecule has 0 spiro atoms. The van der Waals surface area contributed by atoms with Crippen molar-refractivity contribution in [3.63, 3.8) is 0 Å². The van der Waals surface area contributed by atoms with Crippen molar-refractivity contribution in [2.45, 2.75) is 6.42 Å². The molecule has 0 radical (unpaired) electrons. The number of halogens is 1. The molecule has 0 bridgehead atoms. The predicted octanol–water partition coefficient (Wildman–Crippen LogP) is 2.26. The molecule has 0 aliphatic heterocycles. The van der Waals surface area contributed by atoms with Gasteiger partial charge in [-0.25, -0.2) is 14.2 Å². The Kier molecular flexibility index (Phi) is 4.32. The average Bonchev–Trinajstić information content (AvgIpc) is 2.21. The zero-order chi connectivity index (χ0) is 10.2. The van der Waals surface area contributed by atoms with Gasteiger partial charge in [-0.2, -0.15) is 0 Å². The van der Waals surface area contributed by atoms with Gasteiger partial charge in [-0.05, 0) is 24.1 Å². The van der Waals surface area contributed by atoms with Crippen molar-refractivity contribution in [3.05, 3.63) is 47.8 Å². The van der Waals surface area contributed by atoms with Crippen LogP contribution < -0.4 is 0 Å². The van der Waals surface area contributed by atoms with E-state index in [1.807, 2.05) is 6.08 Å². The molecule has 0 atom stereocenters. The highest BCUT2D eigenvalue weighted by molar-refractivity contribution is 5.33. The first-order chi connectivity index (χ1) is 6.83. The maximum Gasteiger partial charge on any atom is 0.235 e. The van der Waals surface area contributed by atoms with E-state index in [2.05, 4.69) is 4.99 Å². The lowest BCUT2D eigenvalue weighted by atomic mass is 10.1. The molecule has 0 aromatic heterocycles. The van der Waals surface area contributed by atoms with Gasteiger partial charge < -0.3 is 0 Å². The van der Waals surface area contributed by atoms with Crippen molar-refractivity contribution in [1.82, 2.24) is 0 Å². The first kappa shape index (κ1) is 10.4. The zero-order valence-electron chi connectivity index (χ0n) is 7.61. The molecule has 1 aromatic rings. The van der Waals surface area contributed by atoms with Crippen molar-refractivity contribution in [2.24, 2.45) is 4.99 Å². The molecule has 1 aromatic carbocycles. The summed E-state index contributed by atoms with van der Waals surface area (Å²) in [5.41, 5.74) is 1.03. The number of benzene rings is 1. The third-order valence-corrected chi connectivity index (χ3v) is 1.69. The van der Waals surface area contributed by atoms with E-state index in [-0.39, 0.29) is 5.82 Å². The number of hydrogen-bond donors (Lipinski definition) is 0. The summed E-state index contributed by atoms with van der Waals surface area (Å²) in [4.78, 5) is 13.1. The molecule has 0 heterocycles. The van der Waals surface area contributed by atoms with Crippen molar-refractivity contribution in [1.29, 1.82) is 0 Å². The Bertz CT molecular complexity index is 350. The van der Waals surface area contributed by atoms with Gasteiger partial charge in [0.1, 0.15) is 5.82 Å². The van der Waals surface area contributed by atoms with Crippen LogP contribution in [-0.2, 0) is 11.2 Å². The normalized spacial score (nSPS) is 10.1. The summed E-state index contributed by atoms with van der Waals surface area (Å²) >= 11 is 0. The van der Waals surface area contributed by atoms with Gasteiger partial charge in [-0.1, -0.05) is 24.3 Å². The Hall–Kier alpha value is -1.73. The molecule has 0 N–H and O–H groups in total. The van der Waals surface area contributed by atoms with Crippen LogP contribution in [0, 0.1) is 5.82 Å². The van der Waals surface area contributed by atoms with Crippen LogP contribution in [0.1, 0.15) is 5.56 Å². The molecule has 0 fully saturated rings. The molecule has 0 saturated heterocycles. The van der Waals surface area contributed by atoms with Gasteiger partial charge in [0.25, 0.3) is 0 Å². The quantitative estimate of drug-likeness (QED) is 0.407. The van der Waals surface area contributed by atoms with Gasteiger partial charge in [-0.3, -0.25) is 0 Å². The zero-order valence-corrected chi connectivity index (χ0v) is 7.61. The number of nitrogens with zero attached hydrogens (tertiary/aromatic N) is 1. The molecule has 14 heavy (non-hydrogen) atoms. The van der Waals surface area contributed by atoms with Crippen LogP contribution in [-0.4, -0.2) is 12.6 Å². The van der Waals surface area contributed by atoms with E-state index in [0.29, 0.717) is 13.0 Å². The third kappa shape index (κ3) is 3.78. The fraction of sp³-hybridized carbons (Fsp3) is 0.182. The molecular weight excluding hydrogens is 181 g/mol. The molecule has 0 aliphatic carbocycles. The number of allylic oxidation sites excluding steroid dienone is 1. The molecular formula is C11H10FNO. The second-order valence-electron chi connectivity index (χ2n) is 2.73. The molecule has 2 nitrogen and oxygen atoms in total. The van der Waals surface area contributed by atoms with Crippen molar-refractivity contribution >= 4 is 6.08 Å². The fourth-order valence-corrected chi connectivity index (χ4v) is 1.00. The third-order valence-electron chi connectivity index (χ3n) is 1.69. The summed E-state index contributed by atoms with van der Waals surface area (Å²) in [6.45, 7) is 0.352. The van der Waals surface area contributed by atoms with Crippen LogP contribution in [0.2, 0.25) is 0 Å². The van der Waals surface area contributed by atoms with Gasteiger partial charge in [-0.15, -0.1) is 0 Å². The van der Waals surface area contributed by atoms with Crippen LogP contribution in [0.15, 0.2) is 41.4 Å². The number of carbonyl (C=O) groups excluding carboxylic acids is 1. The highest BCUT2D eigenvalue weighted by Gasteiger charge is 1.89. The minimum absolute atomic E-state index is 0.233. The first-order valence-electron chi connectivity index (χ1n) is 4.26. The van der Waals surface area contributed by atoms with Crippen molar-refractivity contribution < 1.29 is 9.18 Å². The van der Waals surface area contributed by atoms with Crippen LogP contribution in [0.3, 0.4) is 0 Å². The summed E-state index contributed by atoms with van der Waals surface area (Å²) in [5.74, 6) is -0.233. The predicted molar refractivity (Wildman–Crippen MR) is 52.2 cm³/mol. The van der Waals surface area contributed by atoms with Gasteiger partial charge in [0, 0.05) is 0 Å². The summed E-state index contributed by atoms with van der Waals surface area (Å²) < 4.78 is 12.5. The van der Waals surface area contributed by atoms with Gasteiger partial charge in [0.2, 0.25) is 6.08 Å². The minimum Gasteiger partial charge on any atom is -0.211 e. The maximum absolute atomic E-state index is 12.5. The van der Waals surface area contributed by atoms with Crippen LogP contribution >= 0.6 is 0 Å². The summed E-state index contributed by atoms with van der Waals surface area (Å²) in [7, 11) is 0. The van der Waals surface area contributed by atoms with E-state index in [9.17, 15) is 9.18 Å². The molecule has 0 amide bonds. The Morgan fingerprint density at radius 3 is 2.64 bits per heavy atom. The molecule has 0 unspecified atom stereocenters. The summed E-state index contributed by atoms with van der Waals surface area (Å²) in [5, 5.41) is 0. The largest absolute Gasteiger partial charge is 0.235 e. The smallest absolute Gasteiger partial charge is 0.211 e. The van der Waals surface area contributed by atoms with E-state index < -0.39 is 0 Å². The fourth-order valence-electron chi connectivity index (χ4n) is 1.00. The van der Waals surface area contributed by atoms with Crippen LogP contribution in [0.5, 0.6) is 0 Å². The lowest BCUT2D eigenvalue weighted by molar-refractivity contribution is 0.564. The standard InChI is InChI=1S/C11H10FNO/c12-11-6-4-10(5-7-11)3-1-2-8-13-9-14/h1-2,4-7H,3,8H2/b2-1-. The number of rotatable bonds is 4. The van der Waals surface area contributed by atoms with E-state index >= 15 is 0 Å². The second kappa shape index (κ2) is 5.84. The monoisotopic (exact) mass is 191 g/mol. The number of hydrogen-bond acceptors (Lipinski definition) is 2. The molecule has 3 heteroatoms. The Morgan fingerprint density at radius 2 is 2.00 bits per heavy atom. The lowest BCUT2D eigenvalue weighted by Gasteiger charge is -1.94. The molecule has 72 valence electrons. The molecule has 1 rings (SSSR count). The van der Waals surface area contributed by atoms with E-state index in [1.165, 1.54) is 18.2 Å². The molecule has 0 aliphatic rings. The number of aliphatic imine (C=N–C) groups is 1. The maximum atomic E-state index is 12.5. The summed E-state index contributed by atoms with van der Waals surface area (Å²) in [6.07, 6.45) is 5.82. The Labute approximate surface area is 81.8 Å². The van der Waals surface area contributed by atoms with Crippen LogP contribution in [0.4, 0.5) is 4.39 Å². The highest BCUT2D eigenvalue weighted by Crippen LogP contribution is 2.03. The molecule has 0 saturated carbocycles. The van der Waals surface area contributed by atoms with Crippen molar-refractivity contribution in [2.75, 3.05) is 6.54 Å². The SMILES string of the molecule is O=C=NC/C=C\Cc1ccc(F)cc1. The first-order valence-corrected chi connectivity index (χ1v) is 4.26. The van der Waals surface area contributed by atoms with Gasteiger partial charge >= 0.3 is 0 Å². The van der Waals surface area contributed by atoms with Gasteiger partial charge in [0.05, 0.1) is 6.54 Å². The highest BCUT2D eigenvalue weighted by atomic mass is 19.1. The van der Waals surface area contributed by atoms with Crippen LogP contribution in [0.25, 0.3) is 0 Å². The average molecular weight is 191 g/mol.